The van der Waals surface area contributed by atoms with E-state index in [0.717, 1.165) is 37.9 Å². The highest BCUT2D eigenvalue weighted by Gasteiger charge is 2.34. The van der Waals surface area contributed by atoms with Gasteiger partial charge in [0, 0.05) is 62.6 Å². The molecule has 9 heteroatoms. The zero-order valence-corrected chi connectivity index (χ0v) is 19.9. The number of carbonyl (C=O) groups excluding carboxylic acids is 1. The van der Waals surface area contributed by atoms with Gasteiger partial charge in [-0.2, -0.15) is 4.31 Å². The van der Waals surface area contributed by atoms with Crippen molar-refractivity contribution in [3.8, 4) is 0 Å². The van der Waals surface area contributed by atoms with Gasteiger partial charge in [0.25, 0.3) is 0 Å². The van der Waals surface area contributed by atoms with Gasteiger partial charge in [0.15, 0.2) is 0 Å². The van der Waals surface area contributed by atoms with Crippen LogP contribution in [0.3, 0.4) is 0 Å². The molecule has 2 aliphatic rings. The van der Waals surface area contributed by atoms with Crippen molar-refractivity contribution in [1.29, 1.82) is 0 Å². The van der Waals surface area contributed by atoms with E-state index in [2.05, 4.69) is 14.9 Å². The second-order valence-electron chi connectivity index (χ2n) is 8.97. The van der Waals surface area contributed by atoms with E-state index in [9.17, 15) is 13.2 Å². The van der Waals surface area contributed by atoms with Crippen LogP contribution in [-0.4, -0.2) is 77.7 Å². The maximum atomic E-state index is 13.3. The summed E-state index contributed by atoms with van der Waals surface area (Å²) in [5, 5.41) is 0.799. The number of likely N-dealkylation sites (tertiary alicyclic amines) is 1. The number of carbonyl (C=O) groups is 1. The third-order valence-electron chi connectivity index (χ3n) is 6.86. The number of nitrogens with zero attached hydrogens (tertiary/aromatic N) is 5. The van der Waals surface area contributed by atoms with Crippen LogP contribution in [0.2, 0.25) is 0 Å². The molecule has 0 aliphatic carbocycles. The van der Waals surface area contributed by atoms with Crippen LogP contribution in [0.4, 0.5) is 0 Å². The van der Waals surface area contributed by atoms with Crippen molar-refractivity contribution in [1.82, 2.24) is 24.1 Å². The molecule has 0 radical (unpaired) electrons. The minimum atomic E-state index is -3.68. The van der Waals surface area contributed by atoms with E-state index in [1.807, 2.05) is 41.6 Å². The first kappa shape index (κ1) is 22.9. The monoisotopic (exact) mass is 479 g/mol. The topological polar surface area (TPSA) is 86.7 Å². The Morgan fingerprint density at radius 3 is 2.32 bits per heavy atom. The highest BCUT2D eigenvalue weighted by Crippen LogP contribution is 2.26. The minimum absolute atomic E-state index is 0.0131. The smallest absolute Gasteiger partial charge is 0.245 e. The van der Waals surface area contributed by atoms with E-state index in [1.54, 1.807) is 24.4 Å². The molecular formula is C25H29N5O3S. The first-order valence-corrected chi connectivity index (χ1v) is 13.2. The van der Waals surface area contributed by atoms with E-state index < -0.39 is 10.0 Å². The number of fused-ring (bicyclic) bond motifs is 1. The number of hydrogen-bond donors (Lipinski definition) is 0. The van der Waals surface area contributed by atoms with Gasteiger partial charge >= 0.3 is 0 Å². The summed E-state index contributed by atoms with van der Waals surface area (Å²) in [7, 11) is -3.68. The number of para-hydroxylation sites is 1. The van der Waals surface area contributed by atoms with Crippen LogP contribution >= 0.6 is 0 Å². The quantitative estimate of drug-likeness (QED) is 0.559. The summed E-state index contributed by atoms with van der Waals surface area (Å²) in [6.45, 7) is 4.11. The van der Waals surface area contributed by atoms with Gasteiger partial charge < -0.3 is 4.90 Å². The Kier molecular flexibility index (Phi) is 6.58. The van der Waals surface area contributed by atoms with Crippen LogP contribution in [0.1, 0.15) is 18.4 Å². The molecule has 0 unspecified atom stereocenters. The fourth-order valence-electron chi connectivity index (χ4n) is 4.91. The zero-order chi connectivity index (χ0) is 23.5. The molecule has 4 heterocycles. The normalized spacial score (nSPS) is 18.9. The average Bonchev–Trinajstić information content (AvgIpc) is 2.89. The molecule has 2 saturated heterocycles. The molecule has 2 fully saturated rings. The van der Waals surface area contributed by atoms with Gasteiger partial charge in [0.1, 0.15) is 4.90 Å². The lowest BCUT2D eigenvalue weighted by Gasteiger charge is -2.38. The maximum absolute atomic E-state index is 13.3. The Bertz CT molecular complexity index is 1250. The molecule has 0 bridgehead atoms. The van der Waals surface area contributed by atoms with Gasteiger partial charge in [-0.15, -0.1) is 0 Å². The number of amides is 1. The van der Waals surface area contributed by atoms with Crippen LogP contribution in [0.15, 0.2) is 66.0 Å². The Balaban J connectivity index is 1.17. The molecule has 2 aromatic heterocycles. The van der Waals surface area contributed by atoms with E-state index >= 15 is 0 Å². The van der Waals surface area contributed by atoms with Gasteiger partial charge in [-0.1, -0.05) is 18.2 Å². The molecule has 2 aliphatic heterocycles. The summed E-state index contributed by atoms with van der Waals surface area (Å²) in [6, 6.07) is 12.9. The SMILES string of the molecule is O=C(C1CCN(Cc2ccncc2)CC1)N1CCN(S(=O)(=O)c2cccc3cccnc23)CC1. The number of piperidine rings is 1. The Hall–Kier alpha value is -2.88. The number of benzene rings is 1. The summed E-state index contributed by atoms with van der Waals surface area (Å²) >= 11 is 0. The summed E-state index contributed by atoms with van der Waals surface area (Å²) in [6.07, 6.45) is 6.90. The summed E-state index contributed by atoms with van der Waals surface area (Å²) < 4.78 is 28.2. The second-order valence-corrected chi connectivity index (χ2v) is 10.9. The van der Waals surface area contributed by atoms with Crippen LogP contribution in [0.5, 0.6) is 0 Å². The predicted molar refractivity (Wildman–Crippen MR) is 129 cm³/mol. The standard InChI is InChI=1S/C25H29N5O3S/c31-25(22-8-13-28(14-9-22)19-20-6-11-26-12-7-20)29-15-17-30(18-16-29)34(32,33)23-5-1-3-21-4-2-10-27-24(21)23/h1-7,10-12,22H,8-9,13-19H2. The van der Waals surface area contributed by atoms with Crippen molar-refractivity contribution in [2.45, 2.75) is 24.3 Å². The third kappa shape index (κ3) is 4.68. The van der Waals surface area contributed by atoms with Crippen molar-refractivity contribution >= 4 is 26.8 Å². The maximum Gasteiger partial charge on any atom is 0.245 e. The first-order chi connectivity index (χ1) is 16.5. The van der Waals surface area contributed by atoms with Gasteiger partial charge in [-0.05, 0) is 55.8 Å². The Morgan fingerprint density at radius 1 is 0.882 bits per heavy atom. The number of sulfonamides is 1. The number of hydrogen-bond acceptors (Lipinski definition) is 6. The molecule has 178 valence electrons. The molecule has 0 N–H and O–H groups in total. The molecule has 5 rings (SSSR count). The van der Waals surface area contributed by atoms with Gasteiger partial charge in [-0.3, -0.25) is 19.7 Å². The second kappa shape index (κ2) is 9.77. The molecule has 0 spiro atoms. The molecular weight excluding hydrogens is 450 g/mol. The van der Waals surface area contributed by atoms with Crippen LogP contribution < -0.4 is 0 Å². The first-order valence-electron chi connectivity index (χ1n) is 11.8. The zero-order valence-electron chi connectivity index (χ0n) is 19.1. The van der Waals surface area contributed by atoms with E-state index in [-0.39, 0.29) is 16.7 Å². The molecule has 0 saturated carbocycles. The molecule has 1 aromatic carbocycles. The molecule has 1 amide bonds. The van der Waals surface area contributed by atoms with Crippen molar-refractivity contribution in [3.05, 3.63) is 66.6 Å². The summed E-state index contributed by atoms with van der Waals surface area (Å²) in [4.78, 5) is 26.0. The largest absolute Gasteiger partial charge is 0.340 e. The van der Waals surface area contributed by atoms with Crippen molar-refractivity contribution in [3.63, 3.8) is 0 Å². The fraction of sp³-hybridized carbons (Fsp3) is 0.400. The minimum Gasteiger partial charge on any atom is -0.340 e. The van der Waals surface area contributed by atoms with Crippen LogP contribution in [-0.2, 0) is 21.4 Å². The number of pyridine rings is 2. The lowest BCUT2D eigenvalue weighted by Crippen LogP contribution is -2.52. The fourth-order valence-corrected chi connectivity index (χ4v) is 6.50. The lowest BCUT2D eigenvalue weighted by molar-refractivity contribution is -0.138. The van der Waals surface area contributed by atoms with Crippen LogP contribution in [0, 0.1) is 5.92 Å². The summed E-state index contributed by atoms with van der Waals surface area (Å²) in [5.41, 5.74) is 1.72. The van der Waals surface area contributed by atoms with Gasteiger partial charge in [0.2, 0.25) is 15.9 Å². The molecule has 3 aromatic rings. The summed E-state index contributed by atoms with van der Waals surface area (Å²) in [5.74, 6) is 0.173. The van der Waals surface area contributed by atoms with Crippen molar-refractivity contribution in [2.75, 3.05) is 39.3 Å². The lowest BCUT2D eigenvalue weighted by atomic mass is 9.94. The number of piperazine rings is 1. The number of aromatic nitrogens is 2. The highest BCUT2D eigenvalue weighted by atomic mass is 32.2. The van der Waals surface area contributed by atoms with Crippen molar-refractivity contribution in [2.24, 2.45) is 5.92 Å². The third-order valence-corrected chi connectivity index (χ3v) is 8.79. The highest BCUT2D eigenvalue weighted by molar-refractivity contribution is 7.89. The van der Waals surface area contributed by atoms with E-state index in [1.165, 1.54) is 9.87 Å². The average molecular weight is 480 g/mol. The van der Waals surface area contributed by atoms with Crippen LogP contribution in [0.25, 0.3) is 10.9 Å². The van der Waals surface area contributed by atoms with Crippen molar-refractivity contribution < 1.29 is 13.2 Å². The predicted octanol–water partition coefficient (Wildman–Crippen LogP) is 2.37. The number of rotatable bonds is 5. The molecule has 34 heavy (non-hydrogen) atoms. The molecule has 0 atom stereocenters. The van der Waals surface area contributed by atoms with E-state index in [4.69, 9.17) is 0 Å². The Labute approximate surface area is 200 Å². The van der Waals surface area contributed by atoms with Gasteiger partial charge in [0.05, 0.1) is 5.52 Å². The Morgan fingerprint density at radius 2 is 1.59 bits per heavy atom. The van der Waals surface area contributed by atoms with Gasteiger partial charge in [-0.25, -0.2) is 8.42 Å². The molecule has 8 nitrogen and oxygen atoms in total. The van der Waals surface area contributed by atoms with E-state index in [0.29, 0.717) is 31.7 Å².